The molecule has 7 nitrogen and oxygen atoms in total. The number of amides is 1. The number of aromatic amines is 1. The average molecular weight is 298 g/mol. The van der Waals surface area contributed by atoms with Gasteiger partial charge in [0.25, 0.3) is 5.91 Å². The minimum atomic E-state index is -0.421. The van der Waals surface area contributed by atoms with Crippen LogP contribution in [-0.2, 0) is 0 Å². The number of carbonyl (C=O) groups is 1. The van der Waals surface area contributed by atoms with E-state index in [4.69, 9.17) is 16.1 Å². The lowest BCUT2D eigenvalue weighted by molar-refractivity contribution is 0.0927. The molecule has 2 aromatic heterocycles. The number of halogens is 1. The number of nitrogens with zero attached hydrogens (tertiary/aromatic N) is 3. The summed E-state index contributed by atoms with van der Waals surface area (Å²) in [5.41, 5.74) is 0.795. The van der Waals surface area contributed by atoms with Crippen LogP contribution in [0.25, 0.3) is 0 Å². The van der Waals surface area contributed by atoms with Crippen molar-refractivity contribution in [2.75, 3.05) is 0 Å². The third-order valence-corrected chi connectivity index (χ3v) is 3.24. The molecule has 0 aliphatic carbocycles. The first-order chi connectivity index (χ1) is 9.40. The molecule has 0 fully saturated rings. The van der Waals surface area contributed by atoms with Crippen molar-refractivity contribution in [3.8, 4) is 0 Å². The fourth-order valence-corrected chi connectivity index (χ4v) is 1.72. The molecule has 2 heterocycles. The molecule has 108 valence electrons. The van der Waals surface area contributed by atoms with Crippen molar-refractivity contribution in [1.29, 1.82) is 0 Å². The highest BCUT2D eigenvalue weighted by molar-refractivity contribution is 6.34. The summed E-state index contributed by atoms with van der Waals surface area (Å²) in [5, 5.41) is 13.4. The number of hydrogen-bond acceptors (Lipinski definition) is 5. The predicted octanol–water partition coefficient (Wildman–Crippen LogP) is 2.37. The normalized spacial score (nSPS) is 12.7. The summed E-state index contributed by atoms with van der Waals surface area (Å²) >= 11 is 5.97. The maximum absolute atomic E-state index is 12.0. The standard InChI is InChI=1S/C12H16ClN5O2/c1-5(2)10-15-12(20-18-10)7(4)14-11(19)9-8(13)6(3)16-17-9/h5,7H,1-4H3,(H,14,19)(H,16,17). The molecule has 0 aliphatic rings. The van der Waals surface area contributed by atoms with Gasteiger partial charge in [0.2, 0.25) is 5.89 Å². The smallest absolute Gasteiger partial charge is 0.273 e. The summed E-state index contributed by atoms with van der Waals surface area (Å²) in [4.78, 5) is 16.3. The Morgan fingerprint density at radius 1 is 1.40 bits per heavy atom. The number of nitrogens with one attached hydrogen (secondary N) is 2. The summed E-state index contributed by atoms with van der Waals surface area (Å²) in [5.74, 6) is 0.732. The van der Waals surface area contributed by atoms with Crippen LogP contribution in [0, 0.1) is 6.92 Å². The zero-order valence-corrected chi connectivity index (χ0v) is 12.4. The molecule has 0 aliphatic heterocycles. The monoisotopic (exact) mass is 297 g/mol. The molecule has 1 unspecified atom stereocenters. The van der Waals surface area contributed by atoms with E-state index in [0.29, 0.717) is 22.4 Å². The van der Waals surface area contributed by atoms with Gasteiger partial charge in [0.05, 0.1) is 10.7 Å². The number of H-pyrrole nitrogens is 1. The highest BCUT2D eigenvalue weighted by atomic mass is 35.5. The van der Waals surface area contributed by atoms with Crippen LogP contribution in [0.2, 0.25) is 5.02 Å². The van der Waals surface area contributed by atoms with E-state index in [1.807, 2.05) is 13.8 Å². The highest BCUT2D eigenvalue weighted by Crippen LogP contribution is 2.19. The van der Waals surface area contributed by atoms with Gasteiger partial charge in [0, 0.05) is 5.92 Å². The van der Waals surface area contributed by atoms with Crippen LogP contribution in [0.4, 0.5) is 0 Å². The summed E-state index contributed by atoms with van der Waals surface area (Å²) in [6.07, 6.45) is 0. The fourth-order valence-electron chi connectivity index (χ4n) is 1.55. The van der Waals surface area contributed by atoms with Gasteiger partial charge < -0.3 is 9.84 Å². The number of aryl methyl sites for hydroxylation is 1. The molecular weight excluding hydrogens is 282 g/mol. The third kappa shape index (κ3) is 2.82. The zero-order chi connectivity index (χ0) is 14.9. The molecule has 2 N–H and O–H groups in total. The summed E-state index contributed by atoms with van der Waals surface area (Å²) in [6.45, 7) is 7.42. The maximum atomic E-state index is 12.0. The van der Waals surface area contributed by atoms with E-state index in [-0.39, 0.29) is 11.6 Å². The molecule has 0 saturated heterocycles. The molecule has 8 heteroatoms. The van der Waals surface area contributed by atoms with E-state index in [9.17, 15) is 4.79 Å². The van der Waals surface area contributed by atoms with Crippen LogP contribution in [0.3, 0.4) is 0 Å². The predicted molar refractivity (Wildman–Crippen MR) is 72.6 cm³/mol. The topological polar surface area (TPSA) is 96.7 Å². The largest absolute Gasteiger partial charge is 0.339 e. The Morgan fingerprint density at radius 2 is 2.10 bits per heavy atom. The van der Waals surface area contributed by atoms with Gasteiger partial charge in [-0.15, -0.1) is 0 Å². The Balaban J connectivity index is 2.09. The Hall–Kier alpha value is -1.89. The van der Waals surface area contributed by atoms with Crippen LogP contribution in [-0.4, -0.2) is 26.2 Å². The first kappa shape index (κ1) is 14.5. The van der Waals surface area contributed by atoms with Crippen LogP contribution in [0.1, 0.15) is 60.6 Å². The van der Waals surface area contributed by atoms with E-state index >= 15 is 0 Å². The summed E-state index contributed by atoms with van der Waals surface area (Å²) in [7, 11) is 0. The van der Waals surface area contributed by atoms with E-state index in [1.54, 1.807) is 13.8 Å². The van der Waals surface area contributed by atoms with Crippen LogP contribution < -0.4 is 5.32 Å². The lowest BCUT2D eigenvalue weighted by atomic mass is 10.2. The number of rotatable bonds is 4. The Morgan fingerprint density at radius 3 is 2.60 bits per heavy atom. The number of carbonyl (C=O) groups excluding carboxylic acids is 1. The second kappa shape index (κ2) is 5.62. The molecular formula is C12H16ClN5O2. The van der Waals surface area contributed by atoms with Crippen molar-refractivity contribution >= 4 is 17.5 Å². The zero-order valence-electron chi connectivity index (χ0n) is 11.7. The van der Waals surface area contributed by atoms with Crippen molar-refractivity contribution in [3.63, 3.8) is 0 Å². The van der Waals surface area contributed by atoms with Crippen molar-refractivity contribution in [2.24, 2.45) is 0 Å². The van der Waals surface area contributed by atoms with Crippen molar-refractivity contribution in [2.45, 2.75) is 39.7 Å². The Kier molecular flexibility index (Phi) is 4.08. The molecule has 0 saturated carbocycles. The third-order valence-electron chi connectivity index (χ3n) is 2.78. The van der Waals surface area contributed by atoms with Gasteiger partial charge in [-0.2, -0.15) is 10.1 Å². The van der Waals surface area contributed by atoms with Crippen LogP contribution in [0.15, 0.2) is 4.52 Å². The van der Waals surface area contributed by atoms with E-state index in [0.717, 1.165) is 0 Å². The lowest BCUT2D eigenvalue weighted by Gasteiger charge is -2.08. The van der Waals surface area contributed by atoms with Crippen LogP contribution >= 0.6 is 11.6 Å². The van der Waals surface area contributed by atoms with Crippen molar-refractivity contribution in [1.82, 2.24) is 25.7 Å². The molecule has 0 bridgehead atoms. The van der Waals surface area contributed by atoms with Crippen molar-refractivity contribution in [3.05, 3.63) is 28.1 Å². The molecule has 2 rings (SSSR count). The van der Waals surface area contributed by atoms with Crippen molar-refractivity contribution < 1.29 is 9.32 Å². The van der Waals surface area contributed by atoms with Gasteiger partial charge >= 0.3 is 0 Å². The SMILES string of the molecule is Cc1[nH]nc(C(=O)NC(C)c2nc(C(C)C)no2)c1Cl. The molecule has 20 heavy (non-hydrogen) atoms. The minimum Gasteiger partial charge on any atom is -0.339 e. The molecule has 0 aromatic carbocycles. The molecule has 2 aromatic rings. The lowest BCUT2D eigenvalue weighted by Crippen LogP contribution is -2.27. The number of hydrogen-bond donors (Lipinski definition) is 2. The Labute approximate surface area is 121 Å². The molecule has 0 spiro atoms. The molecule has 1 amide bonds. The van der Waals surface area contributed by atoms with Gasteiger partial charge in [-0.1, -0.05) is 30.6 Å². The maximum Gasteiger partial charge on any atom is 0.273 e. The first-order valence-corrected chi connectivity index (χ1v) is 6.62. The summed E-state index contributed by atoms with van der Waals surface area (Å²) < 4.78 is 5.12. The Bertz CT molecular complexity index is 619. The summed E-state index contributed by atoms with van der Waals surface area (Å²) in [6, 6.07) is -0.421. The van der Waals surface area contributed by atoms with E-state index in [1.165, 1.54) is 0 Å². The fraction of sp³-hybridized carbons (Fsp3) is 0.500. The quantitative estimate of drug-likeness (QED) is 0.903. The number of aromatic nitrogens is 4. The molecule has 0 radical (unpaired) electrons. The highest BCUT2D eigenvalue weighted by Gasteiger charge is 2.22. The first-order valence-electron chi connectivity index (χ1n) is 6.25. The van der Waals surface area contributed by atoms with Gasteiger partial charge in [0.1, 0.15) is 6.04 Å². The van der Waals surface area contributed by atoms with Crippen LogP contribution in [0.5, 0.6) is 0 Å². The second-order valence-corrected chi connectivity index (χ2v) is 5.23. The average Bonchev–Trinajstić information content (AvgIpc) is 2.98. The van der Waals surface area contributed by atoms with E-state index < -0.39 is 11.9 Å². The van der Waals surface area contributed by atoms with Gasteiger partial charge in [-0.25, -0.2) is 0 Å². The minimum absolute atomic E-state index is 0.152. The van der Waals surface area contributed by atoms with Gasteiger partial charge in [0.15, 0.2) is 11.5 Å². The second-order valence-electron chi connectivity index (χ2n) is 4.85. The molecule has 1 atom stereocenters. The van der Waals surface area contributed by atoms with E-state index in [2.05, 4.69) is 25.7 Å². The van der Waals surface area contributed by atoms with Gasteiger partial charge in [-0.3, -0.25) is 9.89 Å². The van der Waals surface area contributed by atoms with Gasteiger partial charge in [-0.05, 0) is 13.8 Å².